The molecule has 1 saturated heterocycles. The van der Waals surface area contributed by atoms with Gasteiger partial charge in [-0.15, -0.1) is 0 Å². The molecule has 0 saturated carbocycles. The average molecular weight is 1150 g/mol. The Morgan fingerprint density at radius 3 is 1.34 bits per heavy atom. The number of aliphatic hydroxyl groups excluding tert-OH is 5. The van der Waals surface area contributed by atoms with Gasteiger partial charge in [0.1, 0.15) is 24.4 Å². The zero-order valence-electron chi connectivity index (χ0n) is 52.3. The highest BCUT2D eigenvalue weighted by atomic mass is 16.7. The number of carbonyl (C=O) groups is 2. The van der Waals surface area contributed by atoms with E-state index in [0.717, 1.165) is 83.5 Å². The van der Waals surface area contributed by atoms with Gasteiger partial charge in [0, 0.05) is 6.42 Å². The first-order valence-corrected chi connectivity index (χ1v) is 33.5. The molecule has 0 radical (unpaired) electrons. The molecule has 1 fully saturated rings. The lowest BCUT2D eigenvalue weighted by Crippen LogP contribution is -2.61. The van der Waals surface area contributed by atoms with Gasteiger partial charge in [-0.25, -0.2) is 0 Å². The standard InChI is InChI=1S/C71H123NO10/c1-4-7-10-13-16-19-22-25-27-29-30-31-32-33-34-35-36-37-39-41-44-47-50-53-56-59-66(76)82-69-68(78)67(77)65(60-73)81-71(69)80-61-62(63(74)57-54-51-48-45-42-24-21-18-15-12-9-6-3)72-70(79)64(75)58-55-52-49-46-43-40-38-28-26-23-20-17-14-11-8-5-2/h8,11,16-17,19-20,25-28,40,43,49,52,54,57,62-65,67-69,71,73-75,77-78H,4-7,9-10,12-15,18,21-24,29-39,41-42,44-48,50-51,53,55-56,58-61H2,1-3H3,(H,72,79)/b11-8-,19-16-,20-17-,27-25-,28-26-,43-40-,52-49-,57-54+. The van der Waals surface area contributed by atoms with E-state index in [1.54, 1.807) is 6.08 Å². The summed E-state index contributed by atoms with van der Waals surface area (Å²) in [6.07, 6.45) is 67.5. The molecule has 6 N–H and O–H groups in total. The van der Waals surface area contributed by atoms with E-state index in [-0.39, 0.29) is 19.4 Å². The molecule has 0 aromatic heterocycles. The van der Waals surface area contributed by atoms with Gasteiger partial charge in [-0.1, -0.05) is 272 Å². The predicted octanol–water partition coefficient (Wildman–Crippen LogP) is 16.7. The average Bonchev–Trinajstić information content (AvgIpc) is 3.68. The fraction of sp³-hybridized carbons (Fsp3) is 0.746. The van der Waals surface area contributed by atoms with Crippen LogP contribution in [0.15, 0.2) is 97.2 Å². The molecule has 8 unspecified atom stereocenters. The van der Waals surface area contributed by atoms with Crippen LogP contribution < -0.4 is 5.32 Å². The molecule has 0 bridgehead atoms. The number of rotatable bonds is 56. The minimum atomic E-state index is -1.63. The monoisotopic (exact) mass is 1150 g/mol. The second-order valence-electron chi connectivity index (χ2n) is 22.8. The fourth-order valence-electron chi connectivity index (χ4n) is 9.95. The van der Waals surface area contributed by atoms with Crippen molar-refractivity contribution in [2.45, 2.75) is 327 Å². The van der Waals surface area contributed by atoms with Gasteiger partial charge in [-0.2, -0.15) is 0 Å². The first-order valence-electron chi connectivity index (χ1n) is 33.5. The van der Waals surface area contributed by atoms with Gasteiger partial charge in [-0.05, 0) is 96.3 Å². The Morgan fingerprint density at radius 2 is 0.878 bits per heavy atom. The van der Waals surface area contributed by atoms with Crippen LogP contribution in [0, 0.1) is 0 Å². The summed E-state index contributed by atoms with van der Waals surface area (Å²) < 4.78 is 17.6. The van der Waals surface area contributed by atoms with Gasteiger partial charge in [0.05, 0.1) is 25.4 Å². The van der Waals surface area contributed by atoms with Crippen molar-refractivity contribution >= 4 is 11.9 Å². The number of aliphatic hydroxyl groups is 5. The van der Waals surface area contributed by atoms with Crippen LogP contribution >= 0.6 is 0 Å². The quantitative estimate of drug-likeness (QED) is 0.0195. The fourth-order valence-corrected chi connectivity index (χ4v) is 9.95. The van der Waals surface area contributed by atoms with Crippen molar-refractivity contribution in [3.05, 3.63) is 97.2 Å². The van der Waals surface area contributed by atoms with E-state index in [2.05, 4.69) is 99.0 Å². The Kier molecular flexibility index (Phi) is 54.2. The highest BCUT2D eigenvalue weighted by molar-refractivity contribution is 5.80. The molecule has 0 aromatic rings. The van der Waals surface area contributed by atoms with Gasteiger partial charge < -0.3 is 45.1 Å². The molecule has 1 aliphatic rings. The second kappa shape index (κ2) is 58.0. The maximum Gasteiger partial charge on any atom is 0.306 e. The van der Waals surface area contributed by atoms with Gasteiger partial charge >= 0.3 is 5.97 Å². The largest absolute Gasteiger partial charge is 0.454 e. The van der Waals surface area contributed by atoms with Crippen LogP contribution in [-0.2, 0) is 23.8 Å². The molecule has 0 spiro atoms. The molecule has 1 rings (SSSR count). The third-order valence-electron chi connectivity index (χ3n) is 15.2. The third kappa shape index (κ3) is 45.0. The van der Waals surface area contributed by atoms with Crippen molar-refractivity contribution in [3.8, 4) is 0 Å². The number of amides is 1. The number of hydrogen-bond acceptors (Lipinski definition) is 10. The number of carbonyl (C=O) groups excluding carboxylic acids is 2. The van der Waals surface area contributed by atoms with E-state index in [4.69, 9.17) is 14.2 Å². The zero-order valence-corrected chi connectivity index (χ0v) is 52.3. The van der Waals surface area contributed by atoms with Crippen molar-refractivity contribution in [2.24, 2.45) is 0 Å². The normalized spacial score (nSPS) is 19.2. The van der Waals surface area contributed by atoms with E-state index in [0.29, 0.717) is 12.8 Å². The lowest BCUT2D eigenvalue weighted by Gasteiger charge is -2.41. The molecule has 0 aromatic carbocycles. The first kappa shape index (κ1) is 76.6. The number of unbranched alkanes of at least 4 members (excludes halogenated alkanes) is 28. The second-order valence-corrected chi connectivity index (χ2v) is 22.8. The highest BCUT2D eigenvalue weighted by Gasteiger charge is 2.47. The van der Waals surface area contributed by atoms with Crippen LogP contribution in [0.5, 0.6) is 0 Å². The predicted molar refractivity (Wildman–Crippen MR) is 342 cm³/mol. The van der Waals surface area contributed by atoms with Crippen LogP contribution in [0.1, 0.15) is 278 Å². The Bertz CT molecular complexity index is 1700. The number of allylic oxidation sites excluding steroid dienone is 15. The van der Waals surface area contributed by atoms with Crippen molar-refractivity contribution in [3.63, 3.8) is 0 Å². The molecular weight excluding hydrogens is 1030 g/mol. The Hall–Kier alpha value is -3.42. The molecule has 82 heavy (non-hydrogen) atoms. The molecular formula is C71H123NO10. The van der Waals surface area contributed by atoms with E-state index >= 15 is 0 Å². The summed E-state index contributed by atoms with van der Waals surface area (Å²) in [4.78, 5) is 26.6. The van der Waals surface area contributed by atoms with Crippen molar-refractivity contribution in [1.29, 1.82) is 0 Å². The van der Waals surface area contributed by atoms with E-state index in [1.807, 2.05) is 18.2 Å². The molecule has 11 heteroatoms. The molecule has 8 atom stereocenters. The van der Waals surface area contributed by atoms with E-state index < -0.39 is 67.4 Å². The smallest absolute Gasteiger partial charge is 0.306 e. The minimum Gasteiger partial charge on any atom is -0.454 e. The Labute approximate surface area is 501 Å². The van der Waals surface area contributed by atoms with Crippen molar-refractivity contribution < 1.29 is 49.3 Å². The molecule has 0 aliphatic carbocycles. The highest BCUT2D eigenvalue weighted by Crippen LogP contribution is 2.26. The summed E-state index contributed by atoms with van der Waals surface area (Å²) >= 11 is 0. The van der Waals surface area contributed by atoms with E-state index in [1.165, 1.54) is 148 Å². The van der Waals surface area contributed by atoms with Crippen LogP contribution in [0.2, 0.25) is 0 Å². The number of esters is 1. The van der Waals surface area contributed by atoms with Gasteiger partial charge in [-0.3, -0.25) is 9.59 Å². The molecule has 1 aliphatic heterocycles. The lowest BCUT2D eigenvalue weighted by atomic mass is 9.99. The Morgan fingerprint density at radius 1 is 0.488 bits per heavy atom. The van der Waals surface area contributed by atoms with Gasteiger partial charge in [0.2, 0.25) is 5.91 Å². The summed E-state index contributed by atoms with van der Waals surface area (Å²) in [6.45, 7) is 5.62. The number of hydrogen-bond donors (Lipinski definition) is 6. The van der Waals surface area contributed by atoms with Crippen LogP contribution in [-0.4, -0.2) is 99.6 Å². The minimum absolute atomic E-state index is 0.113. The topological polar surface area (TPSA) is 175 Å². The maximum atomic E-state index is 13.4. The first-order chi connectivity index (χ1) is 40.2. The third-order valence-corrected chi connectivity index (χ3v) is 15.2. The van der Waals surface area contributed by atoms with Crippen LogP contribution in [0.4, 0.5) is 0 Å². The van der Waals surface area contributed by atoms with E-state index in [9.17, 15) is 35.1 Å². The van der Waals surface area contributed by atoms with Crippen LogP contribution in [0.3, 0.4) is 0 Å². The summed E-state index contributed by atoms with van der Waals surface area (Å²) in [5.74, 6) is -1.26. The zero-order chi connectivity index (χ0) is 59.6. The molecule has 1 heterocycles. The number of nitrogens with one attached hydrogen (secondary N) is 1. The SMILES string of the molecule is CC/C=C\C/C=C\C/C=C\C/C=C\C/C=C\CCC(O)C(=O)NC(COC1OC(CO)C(O)C(O)C1OC(=O)CCCCCCCCCCCCCCCCC/C=C\C/C=C\CCCCC)C(O)/C=C/CCCCCCCCCCCC. The summed E-state index contributed by atoms with van der Waals surface area (Å²) in [5.41, 5.74) is 0. The number of ether oxygens (including phenoxy) is 3. The maximum absolute atomic E-state index is 13.4. The summed E-state index contributed by atoms with van der Waals surface area (Å²) in [5, 5.41) is 57.0. The molecule has 11 nitrogen and oxygen atoms in total. The van der Waals surface area contributed by atoms with Crippen molar-refractivity contribution in [1.82, 2.24) is 5.32 Å². The summed E-state index contributed by atoms with van der Waals surface area (Å²) in [6, 6.07) is -1.06. The van der Waals surface area contributed by atoms with Gasteiger partial charge in [0.15, 0.2) is 12.4 Å². The van der Waals surface area contributed by atoms with Crippen LogP contribution in [0.25, 0.3) is 0 Å². The molecule has 472 valence electrons. The lowest BCUT2D eigenvalue weighted by molar-refractivity contribution is -0.305. The Balaban J connectivity index is 2.61. The van der Waals surface area contributed by atoms with Gasteiger partial charge in [0.25, 0.3) is 0 Å². The van der Waals surface area contributed by atoms with Crippen molar-refractivity contribution in [2.75, 3.05) is 13.2 Å². The molecule has 1 amide bonds. The summed E-state index contributed by atoms with van der Waals surface area (Å²) in [7, 11) is 0.